The van der Waals surface area contributed by atoms with E-state index in [1.54, 1.807) is 26.9 Å². The van der Waals surface area contributed by atoms with Crippen molar-refractivity contribution in [2.24, 2.45) is 67.3 Å². The first-order chi connectivity index (χ1) is 43.7. The van der Waals surface area contributed by atoms with E-state index in [4.69, 9.17) is 9.47 Å². The Hall–Kier alpha value is -4.53. The minimum absolute atomic E-state index is 0.124. The average Bonchev–Trinajstić information content (AvgIpc) is 2.08. The number of amides is 3. The Morgan fingerprint density at radius 3 is 1.24 bits per heavy atom. The van der Waals surface area contributed by atoms with Crippen molar-refractivity contribution in [3.05, 3.63) is 47.1 Å². The van der Waals surface area contributed by atoms with E-state index in [0.717, 1.165) is 69.3 Å². The lowest BCUT2D eigenvalue weighted by atomic mass is 10.00. The van der Waals surface area contributed by atoms with Crippen molar-refractivity contribution in [3.8, 4) is 0 Å². The zero-order valence-corrected chi connectivity index (χ0v) is 68.1. The Morgan fingerprint density at radius 2 is 1.01 bits per heavy atom. The highest BCUT2D eigenvalue weighted by Crippen LogP contribution is 2.21. The normalized spacial score (nSPS) is 17.0. The van der Waals surface area contributed by atoms with Gasteiger partial charge in [-0.3, -0.25) is 34.4 Å². The molecule has 0 aromatic heterocycles. The molecule has 0 saturated heterocycles. The maximum Gasteiger partial charge on any atom is 0.334 e. The molecule has 1 unspecified atom stereocenters. The third kappa shape index (κ3) is 50.0. The van der Waals surface area contributed by atoms with Gasteiger partial charge in [0.05, 0.1) is 17.7 Å². The summed E-state index contributed by atoms with van der Waals surface area (Å²) in [7, 11) is 7.62. The summed E-state index contributed by atoms with van der Waals surface area (Å²) in [5.74, 6) is 7.88. The molecule has 0 aromatic rings. The summed E-state index contributed by atoms with van der Waals surface area (Å²) in [6, 6.07) is 0.312. The maximum absolute atomic E-state index is 11.2. The molecule has 0 fully saturated rings. The van der Waals surface area contributed by atoms with E-state index in [9.17, 15) is 19.2 Å². The van der Waals surface area contributed by atoms with Crippen LogP contribution >= 0.6 is 11.8 Å². The number of thioether (sulfide) groups is 1. The van der Waals surface area contributed by atoms with Gasteiger partial charge in [-0.05, 0) is 73.3 Å². The standard InChI is InChI=1S/C8H16N2.3C8H13NO.C8H15N.C7H13NO.C7H13NS.C7H10O2.8C2H6/c1-7(2)8-9-5-4-6-10(8)3;1-6(2)7-4-8(10)9(3)5-7;1-6(2)7-4-5-9(3)8(7)10;1-6(2)7-4-5-8(10)9(7)3;1-7(2)8-5-3-4-6-9-8;2*1-6(2)7-8-4-3-5-9-7;1-5(2)6-3-4-9-7(6)8;8*1-2/h7H,4-6H2,1-3H3;2*4,6H,5H2,1-3H3;4-7H,1-3H3;7H,3-6H2,1-2H3;2*6H,3-5H2,1-2H3;3,5H,4H2,1-2H3;8*1-2H3. The largest absolute Gasteiger partial charge is 0.481 e. The number of carbonyl (C=O) groups excluding carboxylic acids is 4. The van der Waals surface area contributed by atoms with Gasteiger partial charge in [-0.2, -0.15) is 0 Å². The lowest BCUT2D eigenvalue weighted by molar-refractivity contribution is -0.136. The third-order valence-corrected chi connectivity index (χ3v) is 14.6. The zero-order valence-electron chi connectivity index (χ0n) is 67.3. The number of aliphatic imine (C=N–C) groups is 4. The van der Waals surface area contributed by atoms with Gasteiger partial charge in [0, 0.05) is 133 Å². The van der Waals surface area contributed by atoms with Crippen LogP contribution in [0.3, 0.4) is 0 Å². The number of esters is 1. The molecular formula is C77H154N8O6S. The summed E-state index contributed by atoms with van der Waals surface area (Å²) in [4.78, 5) is 68.8. The van der Waals surface area contributed by atoms with Gasteiger partial charge in [0.1, 0.15) is 12.4 Å². The summed E-state index contributed by atoms with van der Waals surface area (Å²) < 4.78 is 9.98. The molecule has 0 saturated carbocycles. The molecule has 0 radical (unpaired) electrons. The maximum atomic E-state index is 11.2. The van der Waals surface area contributed by atoms with Gasteiger partial charge in [-0.1, -0.05) is 234 Å². The van der Waals surface area contributed by atoms with Gasteiger partial charge < -0.3 is 29.1 Å². The van der Waals surface area contributed by atoms with Crippen molar-refractivity contribution in [2.75, 3.05) is 93.0 Å². The van der Waals surface area contributed by atoms with Gasteiger partial charge in [0.25, 0.3) is 0 Å². The lowest BCUT2D eigenvalue weighted by Crippen LogP contribution is -2.35. The van der Waals surface area contributed by atoms with E-state index in [1.807, 2.05) is 190 Å². The molecule has 92 heavy (non-hydrogen) atoms. The summed E-state index contributed by atoms with van der Waals surface area (Å²) in [5.41, 5.74) is 4.45. The van der Waals surface area contributed by atoms with Gasteiger partial charge >= 0.3 is 5.97 Å². The van der Waals surface area contributed by atoms with Crippen molar-refractivity contribution in [1.29, 1.82) is 0 Å². The SMILES string of the molecule is CC.CC.CC.CC.CC.CC.CC.CC.CC(C)C1=CC(=O)N(C)C1.CC(C)C1=CCN(C)C1=O.CC(C)C1=CCOC1=O.CC(C)C1=NCCCC1.CC(C)C1=NCCCN1C.CC(C)C1=NCCCO1.CC(C)C1=NCCCS1.CC(C)C1C=CC(=O)N1C. The molecule has 8 rings (SSSR count). The molecule has 0 spiro atoms. The highest BCUT2D eigenvalue weighted by Gasteiger charge is 2.25. The Morgan fingerprint density at radius 1 is 0.489 bits per heavy atom. The van der Waals surface area contributed by atoms with E-state index in [2.05, 4.69) is 115 Å². The van der Waals surface area contributed by atoms with Crippen LogP contribution < -0.4 is 0 Å². The number of likely N-dealkylation sites (N-methyl/N-ethyl adjacent to an activating group) is 3. The van der Waals surface area contributed by atoms with Gasteiger partial charge in [-0.25, -0.2) is 4.79 Å². The van der Waals surface area contributed by atoms with E-state index in [-0.39, 0.29) is 23.7 Å². The molecule has 14 nitrogen and oxygen atoms in total. The molecule has 3 amide bonds. The molecule has 8 aliphatic heterocycles. The fourth-order valence-electron chi connectivity index (χ4n) is 8.41. The number of amidine groups is 1. The summed E-state index contributed by atoms with van der Waals surface area (Å²) in [6.45, 7) is 74.2. The average molecular weight is 1320 g/mol. The van der Waals surface area contributed by atoms with E-state index >= 15 is 0 Å². The van der Waals surface area contributed by atoms with Crippen molar-refractivity contribution in [2.45, 2.75) is 266 Å². The predicted molar refractivity (Wildman–Crippen MR) is 414 cm³/mol. The summed E-state index contributed by atoms with van der Waals surface area (Å²) in [5, 5.41) is 1.35. The summed E-state index contributed by atoms with van der Waals surface area (Å²) >= 11 is 1.92. The molecule has 0 aliphatic carbocycles. The van der Waals surface area contributed by atoms with E-state index in [0.29, 0.717) is 60.0 Å². The third-order valence-electron chi connectivity index (χ3n) is 13.2. The zero-order chi connectivity index (χ0) is 73.7. The second-order valence-corrected chi connectivity index (χ2v) is 23.9. The highest BCUT2D eigenvalue weighted by molar-refractivity contribution is 8.14. The van der Waals surface area contributed by atoms with Crippen LogP contribution in [0, 0.1) is 47.3 Å². The van der Waals surface area contributed by atoms with Crippen LogP contribution in [0.25, 0.3) is 0 Å². The molecule has 0 aromatic carbocycles. The number of hydrogen-bond donors (Lipinski definition) is 0. The molecule has 8 aliphatic rings. The number of carbonyl (C=O) groups is 4. The van der Waals surface area contributed by atoms with Crippen molar-refractivity contribution >= 4 is 57.9 Å². The van der Waals surface area contributed by atoms with Crippen LogP contribution in [0.2, 0.25) is 0 Å². The lowest BCUT2D eigenvalue weighted by Gasteiger charge is -2.27. The minimum Gasteiger partial charge on any atom is -0.481 e. The van der Waals surface area contributed by atoms with E-state index in [1.165, 1.54) is 66.6 Å². The predicted octanol–water partition coefficient (Wildman–Crippen LogP) is 19.7. The number of hydrogen-bond acceptors (Lipinski definition) is 12. The first-order valence-corrected chi connectivity index (χ1v) is 37.6. The summed E-state index contributed by atoms with van der Waals surface area (Å²) in [6.07, 6.45) is 16.7. The van der Waals surface area contributed by atoms with Crippen molar-refractivity contribution in [3.63, 3.8) is 0 Å². The number of cyclic esters (lactones) is 1. The number of nitrogens with zero attached hydrogens (tertiary/aromatic N) is 8. The second-order valence-electron chi connectivity index (χ2n) is 22.8. The molecule has 544 valence electrons. The van der Waals surface area contributed by atoms with Gasteiger partial charge in [0.15, 0.2) is 5.90 Å². The molecule has 15 heteroatoms. The number of rotatable bonds is 8. The van der Waals surface area contributed by atoms with Crippen molar-refractivity contribution < 1.29 is 28.7 Å². The molecule has 0 bridgehead atoms. The fraction of sp³-hybridized carbons (Fsp3) is 0.792. The molecule has 0 N–H and O–H groups in total. The molecular weight excluding hydrogens is 1160 g/mol. The Balaban J connectivity index is -0.000000141. The molecule has 8 heterocycles. The fourth-order valence-corrected chi connectivity index (χ4v) is 9.41. The minimum atomic E-state index is -0.148. The topological polar surface area (TPSA) is 149 Å². The Bertz CT molecular complexity index is 1980. The molecule has 1 atom stereocenters. The smallest absolute Gasteiger partial charge is 0.334 e. The first kappa shape index (κ1) is 104. The van der Waals surface area contributed by atoms with Gasteiger partial charge in [0.2, 0.25) is 17.7 Å². The Kier molecular flexibility index (Phi) is 78.0. The van der Waals surface area contributed by atoms with Crippen LogP contribution in [0.1, 0.15) is 260 Å². The second kappa shape index (κ2) is 69.3. The van der Waals surface area contributed by atoms with E-state index < -0.39 is 0 Å². The van der Waals surface area contributed by atoms with Crippen LogP contribution in [0.15, 0.2) is 67.1 Å². The van der Waals surface area contributed by atoms with Gasteiger partial charge in [-0.15, -0.1) is 11.8 Å². The van der Waals surface area contributed by atoms with Crippen LogP contribution in [-0.4, -0.2) is 165 Å². The van der Waals surface area contributed by atoms with Crippen LogP contribution in [-0.2, 0) is 28.7 Å². The van der Waals surface area contributed by atoms with Crippen LogP contribution in [0.5, 0.6) is 0 Å². The highest BCUT2D eigenvalue weighted by atomic mass is 32.2. The number of ether oxygens (including phenoxy) is 2. The van der Waals surface area contributed by atoms with Crippen molar-refractivity contribution in [1.82, 2.24) is 19.6 Å². The monoisotopic (exact) mass is 1320 g/mol. The quantitative estimate of drug-likeness (QED) is 0.218. The van der Waals surface area contributed by atoms with Crippen LogP contribution in [0.4, 0.5) is 0 Å². The first-order valence-electron chi connectivity index (χ1n) is 36.6. The Labute approximate surface area is 576 Å².